The Bertz CT molecular complexity index is 599. The molecule has 0 fully saturated rings. The Morgan fingerprint density at radius 1 is 1.22 bits per heavy atom. The summed E-state index contributed by atoms with van der Waals surface area (Å²) in [7, 11) is 2.48. The molecule has 0 radical (unpaired) electrons. The van der Waals surface area contributed by atoms with Crippen LogP contribution in [-0.4, -0.2) is 60.4 Å². The Hall–Kier alpha value is -2.23. The Kier molecular flexibility index (Phi) is 8.61. The van der Waals surface area contributed by atoms with Crippen LogP contribution in [0, 0.1) is 10.1 Å². The van der Waals surface area contributed by atoms with Crippen LogP contribution in [0.15, 0.2) is 30.3 Å². The molecular formula is C18H28N2O7. The number of nitrogens with zero attached hydrogens (tertiary/aromatic N) is 1. The van der Waals surface area contributed by atoms with Crippen molar-refractivity contribution in [3.8, 4) is 0 Å². The van der Waals surface area contributed by atoms with Crippen molar-refractivity contribution in [2.45, 2.75) is 57.3 Å². The zero-order chi connectivity index (χ0) is 20.6. The normalized spacial score (nSPS) is 15.1. The highest BCUT2D eigenvalue weighted by Crippen LogP contribution is 2.16. The highest BCUT2D eigenvalue weighted by Gasteiger charge is 2.44. The van der Waals surface area contributed by atoms with E-state index in [1.165, 1.54) is 14.2 Å². The van der Waals surface area contributed by atoms with Crippen molar-refractivity contribution in [2.75, 3.05) is 14.2 Å². The number of carbonyl (C=O) groups excluding carboxylic acids is 1. The van der Waals surface area contributed by atoms with Gasteiger partial charge in [-0.25, -0.2) is 4.79 Å². The van der Waals surface area contributed by atoms with E-state index in [4.69, 9.17) is 14.2 Å². The van der Waals surface area contributed by atoms with E-state index in [1.54, 1.807) is 45.0 Å². The molecule has 2 N–H and O–H groups in total. The van der Waals surface area contributed by atoms with E-state index in [-0.39, 0.29) is 6.42 Å². The highest BCUT2D eigenvalue weighted by molar-refractivity contribution is 5.68. The summed E-state index contributed by atoms with van der Waals surface area (Å²) in [5, 5.41) is 24.8. The lowest BCUT2D eigenvalue weighted by molar-refractivity contribution is -0.560. The molecule has 27 heavy (non-hydrogen) atoms. The smallest absolute Gasteiger partial charge is 0.407 e. The molecule has 3 atom stereocenters. The van der Waals surface area contributed by atoms with Gasteiger partial charge in [-0.3, -0.25) is 10.1 Å². The molecule has 0 aliphatic carbocycles. The number of nitrogens with one attached hydrogen (secondary N) is 1. The first-order chi connectivity index (χ1) is 12.6. The fourth-order valence-electron chi connectivity index (χ4n) is 2.58. The van der Waals surface area contributed by atoms with Crippen LogP contribution < -0.4 is 5.32 Å². The number of ether oxygens (including phenoxy) is 3. The molecule has 0 aromatic heterocycles. The molecule has 0 heterocycles. The molecule has 1 aromatic rings. The lowest BCUT2D eigenvalue weighted by Gasteiger charge is -2.30. The van der Waals surface area contributed by atoms with Gasteiger partial charge in [-0.15, -0.1) is 0 Å². The number of aliphatic hydroxyl groups is 1. The van der Waals surface area contributed by atoms with E-state index in [2.05, 4.69) is 5.32 Å². The summed E-state index contributed by atoms with van der Waals surface area (Å²) in [5.74, 6) is 0. The number of aliphatic hydroxyl groups excluding tert-OH is 1. The molecule has 9 heteroatoms. The van der Waals surface area contributed by atoms with Gasteiger partial charge in [0.2, 0.25) is 6.29 Å². The molecule has 0 unspecified atom stereocenters. The molecule has 1 amide bonds. The van der Waals surface area contributed by atoms with Gasteiger partial charge in [0.05, 0.1) is 6.04 Å². The summed E-state index contributed by atoms with van der Waals surface area (Å²) in [5.41, 5.74) is 0.0299. The van der Waals surface area contributed by atoms with Gasteiger partial charge in [0.15, 0.2) is 0 Å². The first-order valence-electron chi connectivity index (χ1n) is 8.49. The van der Waals surface area contributed by atoms with Crippen LogP contribution in [-0.2, 0) is 20.6 Å². The second-order valence-corrected chi connectivity index (χ2v) is 7.05. The number of alkyl carbamates (subject to hydrolysis) is 1. The van der Waals surface area contributed by atoms with Gasteiger partial charge in [0, 0.05) is 19.1 Å². The van der Waals surface area contributed by atoms with Gasteiger partial charge in [-0.1, -0.05) is 30.3 Å². The first-order valence-corrected chi connectivity index (χ1v) is 8.49. The third-order valence-corrected chi connectivity index (χ3v) is 3.75. The van der Waals surface area contributed by atoms with Gasteiger partial charge in [0.25, 0.3) is 6.04 Å². The maximum atomic E-state index is 12.2. The fourth-order valence-corrected chi connectivity index (χ4v) is 2.58. The summed E-state index contributed by atoms with van der Waals surface area (Å²) >= 11 is 0. The number of hydrogen-bond donors (Lipinski definition) is 2. The molecule has 0 saturated carbocycles. The van der Waals surface area contributed by atoms with Gasteiger partial charge in [-0.2, -0.15) is 0 Å². The number of methoxy groups -OCH3 is 2. The second-order valence-electron chi connectivity index (χ2n) is 7.05. The van der Waals surface area contributed by atoms with E-state index >= 15 is 0 Å². The molecule has 0 spiro atoms. The van der Waals surface area contributed by atoms with Crippen molar-refractivity contribution in [2.24, 2.45) is 0 Å². The average molecular weight is 384 g/mol. The lowest BCUT2D eigenvalue weighted by Crippen LogP contribution is -2.56. The minimum Gasteiger partial charge on any atom is -0.444 e. The monoisotopic (exact) mass is 384 g/mol. The van der Waals surface area contributed by atoms with Crippen molar-refractivity contribution in [1.29, 1.82) is 0 Å². The molecule has 1 rings (SSSR count). The Balaban J connectivity index is 3.09. The minimum absolute atomic E-state index is 0.158. The topological polar surface area (TPSA) is 120 Å². The van der Waals surface area contributed by atoms with Crippen LogP contribution in [0.2, 0.25) is 0 Å². The van der Waals surface area contributed by atoms with Gasteiger partial charge < -0.3 is 24.6 Å². The third-order valence-electron chi connectivity index (χ3n) is 3.75. The number of nitro groups is 1. The van der Waals surface area contributed by atoms with Gasteiger partial charge in [0.1, 0.15) is 11.7 Å². The summed E-state index contributed by atoms with van der Waals surface area (Å²) in [6, 6.07) is 6.40. The lowest BCUT2D eigenvalue weighted by atomic mass is 9.96. The van der Waals surface area contributed by atoms with Crippen molar-refractivity contribution in [3.63, 3.8) is 0 Å². The van der Waals surface area contributed by atoms with Crippen LogP contribution >= 0.6 is 0 Å². The predicted octanol–water partition coefficient (Wildman–Crippen LogP) is 1.75. The molecule has 9 nitrogen and oxygen atoms in total. The van der Waals surface area contributed by atoms with E-state index in [1.807, 2.05) is 6.07 Å². The SMILES string of the molecule is COC(OC)[C@@H]([C@@H](O)[C@H](Cc1ccccc1)NC(=O)OC(C)(C)C)[N+](=O)[O-]. The van der Waals surface area contributed by atoms with Crippen molar-refractivity contribution in [1.82, 2.24) is 5.32 Å². The zero-order valence-electron chi connectivity index (χ0n) is 16.2. The number of rotatable bonds is 9. The summed E-state index contributed by atoms with van der Waals surface area (Å²) in [6.07, 6.45) is -3.49. The summed E-state index contributed by atoms with van der Waals surface area (Å²) in [6.45, 7) is 5.09. The molecular weight excluding hydrogens is 356 g/mol. The van der Waals surface area contributed by atoms with Crippen LogP contribution in [0.3, 0.4) is 0 Å². The maximum absolute atomic E-state index is 12.2. The number of benzene rings is 1. The van der Waals surface area contributed by atoms with E-state index in [0.29, 0.717) is 0 Å². The Morgan fingerprint density at radius 2 is 1.78 bits per heavy atom. The molecule has 1 aromatic carbocycles. The van der Waals surface area contributed by atoms with Gasteiger partial charge in [-0.05, 0) is 32.8 Å². The van der Waals surface area contributed by atoms with Crippen LogP contribution in [0.25, 0.3) is 0 Å². The van der Waals surface area contributed by atoms with Crippen molar-refractivity contribution in [3.05, 3.63) is 46.0 Å². The van der Waals surface area contributed by atoms with Crippen molar-refractivity contribution >= 4 is 6.09 Å². The average Bonchev–Trinajstić information content (AvgIpc) is 2.57. The molecule has 0 aliphatic rings. The van der Waals surface area contributed by atoms with E-state index < -0.39 is 41.1 Å². The summed E-state index contributed by atoms with van der Waals surface area (Å²) < 4.78 is 15.1. The standard InChI is InChI=1S/C18H28N2O7/c1-18(2,3)27-17(22)19-13(11-12-9-7-6-8-10-12)15(21)14(20(23)24)16(25-4)26-5/h6-10,13-16,21H,11H2,1-5H3,(H,19,22)/t13-,14+,15-/m0/s1. The number of carbonyl (C=O) groups is 1. The predicted molar refractivity (Wildman–Crippen MR) is 97.9 cm³/mol. The third kappa shape index (κ3) is 7.49. The van der Waals surface area contributed by atoms with Crippen LogP contribution in [0.4, 0.5) is 4.79 Å². The quantitative estimate of drug-likeness (QED) is 0.378. The van der Waals surface area contributed by atoms with Crippen LogP contribution in [0.1, 0.15) is 26.3 Å². The molecule has 0 aliphatic heterocycles. The Morgan fingerprint density at radius 3 is 2.22 bits per heavy atom. The zero-order valence-corrected chi connectivity index (χ0v) is 16.2. The maximum Gasteiger partial charge on any atom is 0.407 e. The number of hydrogen-bond acceptors (Lipinski definition) is 7. The first kappa shape index (κ1) is 22.8. The van der Waals surface area contributed by atoms with Crippen LogP contribution in [0.5, 0.6) is 0 Å². The van der Waals surface area contributed by atoms with Gasteiger partial charge >= 0.3 is 6.09 Å². The minimum atomic E-state index is -1.61. The second kappa shape index (κ2) is 10.2. The Labute approximate surface area is 158 Å². The molecule has 0 bridgehead atoms. The molecule has 152 valence electrons. The fraction of sp³-hybridized carbons (Fsp3) is 0.611. The van der Waals surface area contributed by atoms with E-state index in [9.17, 15) is 20.0 Å². The largest absolute Gasteiger partial charge is 0.444 e. The molecule has 0 saturated heterocycles. The summed E-state index contributed by atoms with van der Waals surface area (Å²) in [4.78, 5) is 23.0. The van der Waals surface area contributed by atoms with E-state index in [0.717, 1.165) is 5.56 Å². The number of amides is 1. The van der Waals surface area contributed by atoms with Crippen molar-refractivity contribution < 1.29 is 29.0 Å². The highest BCUT2D eigenvalue weighted by atomic mass is 16.7.